The molecule has 2 atom stereocenters. The van der Waals surface area contributed by atoms with Crippen LogP contribution in [0.1, 0.15) is 26.5 Å². The maximum absolute atomic E-state index is 13.3. The minimum atomic E-state index is -1.40. The largest absolute Gasteiger partial charge is 0.377 e. The maximum atomic E-state index is 13.3. The number of anilines is 2. The minimum absolute atomic E-state index is 0.0295. The fourth-order valence-electron chi connectivity index (χ4n) is 3.84. The first kappa shape index (κ1) is 25.7. The zero-order valence-corrected chi connectivity index (χ0v) is 21.3. The highest BCUT2D eigenvalue weighted by Crippen LogP contribution is 2.25. The first-order chi connectivity index (χ1) is 17.3. The molecule has 1 aliphatic heterocycles. The number of nitrogens with zero attached hydrogens (tertiary/aromatic N) is 3. The Morgan fingerprint density at radius 1 is 1.17 bits per heavy atom. The molecule has 1 fully saturated rings. The van der Waals surface area contributed by atoms with Gasteiger partial charge in [-0.3, -0.25) is 4.21 Å². The summed E-state index contributed by atoms with van der Waals surface area (Å²) in [4.78, 5) is 24.2. The van der Waals surface area contributed by atoms with Crippen LogP contribution in [-0.4, -0.2) is 52.1 Å². The van der Waals surface area contributed by atoms with Crippen molar-refractivity contribution in [2.45, 2.75) is 43.5 Å². The Bertz CT molecular complexity index is 1220. The molecular weight excluding hydrogens is 481 g/mol. The van der Waals surface area contributed by atoms with Gasteiger partial charge in [0, 0.05) is 34.8 Å². The maximum Gasteiger partial charge on any atom is 0.319 e. The fourth-order valence-corrected chi connectivity index (χ4v) is 4.86. The van der Waals surface area contributed by atoms with Crippen molar-refractivity contribution in [3.8, 4) is 11.4 Å². The molecule has 0 saturated carbocycles. The Labute approximate surface area is 212 Å². The van der Waals surface area contributed by atoms with Crippen LogP contribution in [0.3, 0.4) is 0 Å². The van der Waals surface area contributed by atoms with Crippen LogP contribution in [0.4, 0.5) is 20.7 Å². The lowest BCUT2D eigenvalue weighted by atomic mass is 10.2. The van der Waals surface area contributed by atoms with Gasteiger partial charge in [-0.25, -0.2) is 19.2 Å². The molecule has 2 amide bonds. The van der Waals surface area contributed by atoms with Crippen LogP contribution in [-0.2, 0) is 21.3 Å². The summed E-state index contributed by atoms with van der Waals surface area (Å²) in [7, 11) is -1.40. The van der Waals surface area contributed by atoms with Gasteiger partial charge in [0.1, 0.15) is 11.6 Å². The van der Waals surface area contributed by atoms with E-state index in [0.29, 0.717) is 41.9 Å². The standard InChI is InChI=1S/C26H30FN5O3S/c1-17(2)28-26(33)30-21-8-4-19(5-9-21)25-29-22(16-36(34)23-10-6-20(27)7-11-23)14-24(31-25)32-12-13-35-15-18(32)3/h4-11,14,17-18H,12-13,15-16H2,1-3H3,(H2,28,30,33)/t18-,36?/m0/s1. The number of hydrogen-bond acceptors (Lipinski definition) is 6. The van der Waals surface area contributed by atoms with Crippen molar-refractivity contribution in [1.82, 2.24) is 15.3 Å². The summed E-state index contributed by atoms with van der Waals surface area (Å²) in [5.74, 6) is 1.03. The Balaban J connectivity index is 1.62. The van der Waals surface area contributed by atoms with Crippen LogP contribution in [0.25, 0.3) is 11.4 Å². The number of benzene rings is 2. The molecule has 3 aromatic rings. The molecule has 0 radical (unpaired) electrons. The number of carbonyl (C=O) groups excluding carboxylic acids is 1. The highest BCUT2D eigenvalue weighted by Gasteiger charge is 2.22. The fraction of sp³-hybridized carbons (Fsp3) is 0.346. The summed E-state index contributed by atoms with van der Waals surface area (Å²) in [5, 5.41) is 5.59. The third-order valence-corrected chi connectivity index (χ3v) is 6.96. The van der Waals surface area contributed by atoms with Crippen molar-refractivity contribution in [2.75, 3.05) is 30.0 Å². The number of morpholine rings is 1. The molecule has 36 heavy (non-hydrogen) atoms. The van der Waals surface area contributed by atoms with Gasteiger partial charge < -0.3 is 20.3 Å². The topological polar surface area (TPSA) is 96.5 Å². The number of carbonyl (C=O) groups is 1. The number of nitrogens with one attached hydrogen (secondary N) is 2. The van der Waals surface area contributed by atoms with Gasteiger partial charge in [0.05, 0.1) is 41.5 Å². The van der Waals surface area contributed by atoms with Crippen molar-refractivity contribution in [3.63, 3.8) is 0 Å². The molecule has 0 aliphatic carbocycles. The SMILES string of the molecule is CC(C)NC(=O)Nc1ccc(-c2nc(CS(=O)c3ccc(F)cc3)cc(N3CCOC[C@@H]3C)n2)cc1. The molecule has 2 N–H and O–H groups in total. The second kappa shape index (κ2) is 11.6. The van der Waals surface area contributed by atoms with Crippen LogP contribution in [0, 0.1) is 5.82 Å². The van der Waals surface area contributed by atoms with E-state index in [1.807, 2.05) is 32.0 Å². The van der Waals surface area contributed by atoms with E-state index in [1.54, 1.807) is 12.1 Å². The predicted molar refractivity (Wildman–Crippen MR) is 139 cm³/mol. The highest BCUT2D eigenvalue weighted by molar-refractivity contribution is 7.84. The summed E-state index contributed by atoms with van der Waals surface area (Å²) in [6.45, 7) is 7.73. The quantitative estimate of drug-likeness (QED) is 0.490. The van der Waals surface area contributed by atoms with E-state index < -0.39 is 10.8 Å². The first-order valence-electron chi connectivity index (χ1n) is 11.8. The van der Waals surface area contributed by atoms with E-state index in [1.165, 1.54) is 24.3 Å². The van der Waals surface area contributed by atoms with E-state index in [9.17, 15) is 13.4 Å². The average molecular weight is 512 g/mol. The normalized spacial score (nSPS) is 16.6. The predicted octanol–water partition coefficient (Wildman–Crippen LogP) is 4.35. The molecule has 1 saturated heterocycles. The molecule has 0 spiro atoms. The Kier molecular flexibility index (Phi) is 8.27. The van der Waals surface area contributed by atoms with Crippen molar-refractivity contribution < 1.29 is 18.1 Å². The van der Waals surface area contributed by atoms with Crippen molar-refractivity contribution >= 4 is 28.3 Å². The number of halogens is 1. The van der Waals surface area contributed by atoms with Gasteiger partial charge in [-0.2, -0.15) is 0 Å². The summed E-state index contributed by atoms with van der Waals surface area (Å²) in [6, 6.07) is 14.7. The van der Waals surface area contributed by atoms with Crippen molar-refractivity contribution in [1.29, 1.82) is 0 Å². The number of amides is 2. The van der Waals surface area contributed by atoms with E-state index in [4.69, 9.17) is 14.7 Å². The summed E-state index contributed by atoms with van der Waals surface area (Å²) < 4.78 is 31.9. The second-order valence-electron chi connectivity index (χ2n) is 8.93. The van der Waals surface area contributed by atoms with Gasteiger partial charge in [-0.15, -0.1) is 0 Å². The van der Waals surface area contributed by atoms with Gasteiger partial charge in [0.2, 0.25) is 0 Å². The van der Waals surface area contributed by atoms with Crippen LogP contribution < -0.4 is 15.5 Å². The lowest BCUT2D eigenvalue weighted by Gasteiger charge is -2.34. The molecule has 190 valence electrons. The molecule has 2 aromatic carbocycles. The van der Waals surface area contributed by atoms with Crippen LogP contribution in [0.5, 0.6) is 0 Å². The third-order valence-electron chi connectivity index (χ3n) is 5.60. The molecule has 0 bridgehead atoms. The zero-order valence-electron chi connectivity index (χ0n) is 20.5. The molecule has 8 nitrogen and oxygen atoms in total. The third kappa shape index (κ3) is 6.64. The lowest BCUT2D eigenvalue weighted by Crippen LogP contribution is -2.44. The number of aromatic nitrogens is 2. The average Bonchev–Trinajstić information content (AvgIpc) is 2.84. The van der Waals surface area contributed by atoms with E-state index in [0.717, 1.165) is 11.4 Å². The van der Waals surface area contributed by atoms with Crippen LogP contribution >= 0.6 is 0 Å². The monoisotopic (exact) mass is 511 g/mol. The lowest BCUT2D eigenvalue weighted by molar-refractivity contribution is 0.0985. The van der Waals surface area contributed by atoms with Gasteiger partial charge >= 0.3 is 6.03 Å². The number of urea groups is 1. The molecule has 1 unspecified atom stereocenters. The van der Waals surface area contributed by atoms with E-state index in [2.05, 4.69) is 22.5 Å². The summed E-state index contributed by atoms with van der Waals surface area (Å²) in [5.41, 5.74) is 2.03. The van der Waals surface area contributed by atoms with Gasteiger partial charge in [0.15, 0.2) is 5.82 Å². The Morgan fingerprint density at radius 2 is 1.89 bits per heavy atom. The molecule has 2 heterocycles. The van der Waals surface area contributed by atoms with Crippen molar-refractivity contribution in [2.24, 2.45) is 0 Å². The van der Waals surface area contributed by atoms with Crippen molar-refractivity contribution in [3.05, 3.63) is 66.1 Å². The number of hydrogen-bond donors (Lipinski definition) is 2. The Morgan fingerprint density at radius 3 is 2.56 bits per heavy atom. The smallest absolute Gasteiger partial charge is 0.319 e. The number of ether oxygens (including phenoxy) is 1. The van der Waals surface area contributed by atoms with E-state index >= 15 is 0 Å². The zero-order chi connectivity index (χ0) is 25.7. The van der Waals surface area contributed by atoms with Crippen LogP contribution in [0.15, 0.2) is 59.5 Å². The molecule has 4 rings (SSSR count). The first-order valence-corrected chi connectivity index (χ1v) is 13.1. The van der Waals surface area contributed by atoms with Gasteiger partial charge in [-0.1, -0.05) is 0 Å². The minimum Gasteiger partial charge on any atom is -0.377 e. The Hall–Kier alpha value is -3.37. The van der Waals surface area contributed by atoms with Crippen LogP contribution in [0.2, 0.25) is 0 Å². The second-order valence-corrected chi connectivity index (χ2v) is 10.4. The van der Waals surface area contributed by atoms with E-state index in [-0.39, 0.29) is 29.7 Å². The molecule has 10 heteroatoms. The molecular formula is C26H30FN5O3S. The highest BCUT2D eigenvalue weighted by atomic mass is 32.2. The summed E-state index contributed by atoms with van der Waals surface area (Å²) >= 11 is 0. The van der Waals surface area contributed by atoms with Gasteiger partial charge in [0.25, 0.3) is 0 Å². The van der Waals surface area contributed by atoms with Gasteiger partial charge in [-0.05, 0) is 69.3 Å². The summed E-state index contributed by atoms with van der Waals surface area (Å²) in [6.07, 6.45) is 0. The number of rotatable bonds is 7. The molecule has 1 aromatic heterocycles. The molecule has 1 aliphatic rings.